The van der Waals surface area contributed by atoms with Crippen LogP contribution in [0.2, 0.25) is 0 Å². The Hall–Kier alpha value is -4.74. The molecule has 11 heteroatoms. The summed E-state index contributed by atoms with van der Waals surface area (Å²) in [7, 11) is 0. The van der Waals surface area contributed by atoms with Gasteiger partial charge in [0.15, 0.2) is 6.61 Å². The molecule has 1 fully saturated rings. The van der Waals surface area contributed by atoms with Crippen molar-refractivity contribution in [3.05, 3.63) is 117 Å². The van der Waals surface area contributed by atoms with Gasteiger partial charge in [0.2, 0.25) is 11.8 Å². The second kappa shape index (κ2) is 10.8. The van der Waals surface area contributed by atoms with Crippen LogP contribution < -0.4 is 19.8 Å². The minimum absolute atomic E-state index is 0.212. The zero-order chi connectivity index (χ0) is 29.7. The molecule has 2 aliphatic rings. The summed E-state index contributed by atoms with van der Waals surface area (Å²) in [4.78, 5) is 56.6. The van der Waals surface area contributed by atoms with Gasteiger partial charge >= 0.3 is 4.87 Å². The Morgan fingerprint density at radius 2 is 1.65 bits per heavy atom. The van der Waals surface area contributed by atoms with Gasteiger partial charge in [0.1, 0.15) is 16.8 Å². The number of aromatic amines is 1. The van der Waals surface area contributed by atoms with E-state index in [1.54, 1.807) is 24.3 Å². The number of thiazole rings is 1. The molecule has 0 radical (unpaired) electrons. The number of nitrogens with zero attached hydrogens (tertiary/aromatic N) is 1. The highest BCUT2D eigenvalue weighted by Crippen LogP contribution is 2.53. The molecule has 214 valence electrons. The molecule has 1 aromatic heterocycles. The lowest BCUT2D eigenvalue weighted by Crippen LogP contribution is -2.32. The third-order valence-corrected chi connectivity index (χ3v) is 9.98. The number of hydrogen-bond acceptors (Lipinski definition) is 7. The van der Waals surface area contributed by atoms with E-state index in [1.807, 2.05) is 42.5 Å². The van der Waals surface area contributed by atoms with Crippen LogP contribution in [-0.2, 0) is 14.4 Å². The number of carbonyl (C=O) groups excluding carboxylic acids is 3. The number of benzene rings is 4. The number of imide groups is 1. The molecule has 2 aliphatic heterocycles. The van der Waals surface area contributed by atoms with Crippen LogP contribution in [0.1, 0.15) is 16.4 Å². The monoisotopic (exact) mass is 611 g/mol. The first-order valence-electron chi connectivity index (χ1n) is 13.4. The second-order valence-corrected chi connectivity index (χ2v) is 12.3. The number of carbonyl (C=O) groups is 3. The number of hydrogen-bond donors (Lipinski definition) is 2. The molecular weight excluding hydrogens is 590 g/mol. The summed E-state index contributed by atoms with van der Waals surface area (Å²) in [6.45, 7) is -0.212. The first kappa shape index (κ1) is 27.1. The van der Waals surface area contributed by atoms with Crippen molar-refractivity contribution in [3.63, 3.8) is 0 Å². The predicted octanol–water partition coefficient (Wildman–Crippen LogP) is 5.54. The average molecular weight is 612 g/mol. The summed E-state index contributed by atoms with van der Waals surface area (Å²) in [6.07, 6.45) is 0. The summed E-state index contributed by atoms with van der Waals surface area (Å²) in [6, 6.07) is 25.6. The Bertz CT molecular complexity index is 1950. The van der Waals surface area contributed by atoms with E-state index in [4.69, 9.17) is 4.74 Å². The summed E-state index contributed by atoms with van der Waals surface area (Å²) in [5, 5.41) is 4.64. The Kier molecular flexibility index (Phi) is 6.83. The van der Waals surface area contributed by atoms with Gasteiger partial charge in [0.25, 0.3) is 5.91 Å². The van der Waals surface area contributed by atoms with Gasteiger partial charge in [0.05, 0.1) is 16.6 Å². The van der Waals surface area contributed by atoms with Gasteiger partial charge in [0, 0.05) is 21.9 Å². The van der Waals surface area contributed by atoms with Gasteiger partial charge in [-0.2, -0.15) is 0 Å². The van der Waals surface area contributed by atoms with Gasteiger partial charge in [-0.1, -0.05) is 71.6 Å². The SMILES string of the molecule is O=C(COc1ccc([C@@H]2c3sc(=O)[nH]c3S[C@H]3C(=O)N(c4ccc(F)cc4)C(=O)[C@@H]23)cc1)Nc1cccc2ccccc12. The number of nitrogens with one attached hydrogen (secondary N) is 2. The summed E-state index contributed by atoms with van der Waals surface area (Å²) < 4.78 is 19.3. The fourth-order valence-corrected chi connectivity index (χ4v) is 8.18. The summed E-state index contributed by atoms with van der Waals surface area (Å²) in [5.74, 6) is -2.48. The highest BCUT2D eigenvalue weighted by Gasteiger charge is 2.56. The lowest BCUT2D eigenvalue weighted by Gasteiger charge is -2.29. The van der Waals surface area contributed by atoms with Crippen molar-refractivity contribution in [1.82, 2.24) is 4.98 Å². The summed E-state index contributed by atoms with van der Waals surface area (Å²) in [5.41, 5.74) is 1.72. The highest BCUT2D eigenvalue weighted by molar-refractivity contribution is 8.00. The van der Waals surface area contributed by atoms with E-state index in [0.29, 0.717) is 27.0 Å². The zero-order valence-corrected chi connectivity index (χ0v) is 23.9. The van der Waals surface area contributed by atoms with E-state index in [2.05, 4.69) is 10.3 Å². The van der Waals surface area contributed by atoms with Crippen LogP contribution in [0.15, 0.2) is 101 Å². The van der Waals surface area contributed by atoms with E-state index in [0.717, 1.165) is 32.6 Å². The Morgan fingerprint density at radius 3 is 2.44 bits per heavy atom. The lowest BCUT2D eigenvalue weighted by atomic mass is 9.83. The predicted molar refractivity (Wildman–Crippen MR) is 163 cm³/mol. The largest absolute Gasteiger partial charge is 0.484 e. The molecule has 5 aromatic rings. The molecule has 3 amide bonds. The van der Waals surface area contributed by atoms with Crippen molar-refractivity contribution < 1.29 is 23.5 Å². The van der Waals surface area contributed by atoms with Crippen molar-refractivity contribution >= 4 is 63.0 Å². The van der Waals surface area contributed by atoms with Crippen LogP contribution in [0.3, 0.4) is 0 Å². The van der Waals surface area contributed by atoms with E-state index >= 15 is 0 Å². The molecule has 0 spiro atoms. The molecule has 2 N–H and O–H groups in total. The van der Waals surface area contributed by atoms with Crippen LogP contribution >= 0.6 is 23.1 Å². The van der Waals surface area contributed by atoms with Crippen molar-refractivity contribution in [2.24, 2.45) is 5.92 Å². The van der Waals surface area contributed by atoms with Crippen LogP contribution in [0.25, 0.3) is 10.8 Å². The fraction of sp³-hybridized carbons (Fsp3) is 0.125. The van der Waals surface area contributed by atoms with E-state index in [-0.39, 0.29) is 17.4 Å². The maximum Gasteiger partial charge on any atom is 0.305 e. The van der Waals surface area contributed by atoms with Gasteiger partial charge in [-0.15, -0.1) is 0 Å². The average Bonchev–Trinajstić information content (AvgIpc) is 3.51. The third kappa shape index (κ3) is 4.90. The molecule has 0 aliphatic carbocycles. The topological polar surface area (TPSA) is 109 Å². The molecule has 3 heterocycles. The standard InChI is InChI=1S/C32H22FN3O5S2/c33-19-10-12-20(13-11-19)36-30(38)26-25(27-29(35-32(40)43-27)42-28(26)31(36)39)18-8-14-21(15-9-18)41-16-24(37)34-23-7-3-5-17-4-1-2-6-22(17)23/h1-15,25-26,28H,16H2,(H,34,37)(H,35,40)/t25-,26-,28+/m0/s1. The minimum atomic E-state index is -0.764. The molecule has 0 saturated carbocycles. The number of H-pyrrole nitrogens is 1. The number of ether oxygens (including phenoxy) is 1. The molecule has 7 rings (SSSR count). The van der Waals surface area contributed by atoms with E-state index in [9.17, 15) is 23.6 Å². The maximum atomic E-state index is 13.8. The van der Waals surface area contributed by atoms with Crippen molar-refractivity contribution in [2.75, 3.05) is 16.8 Å². The number of fused-ring (bicyclic) bond motifs is 3. The Balaban J connectivity index is 1.12. The normalized spacial score (nSPS) is 19.3. The molecule has 8 nitrogen and oxygen atoms in total. The molecule has 0 bridgehead atoms. The molecular formula is C32H22FN3O5S2. The molecule has 0 unspecified atom stereocenters. The van der Waals surface area contributed by atoms with Gasteiger partial charge in [-0.05, 0) is 53.4 Å². The Labute approximate surface area is 252 Å². The van der Waals surface area contributed by atoms with E-state index in [1.165, 1.54) is 36.0 Å². The third-order valence-electron chi connectivity index (χ3n) is 7.58. The number of halogens is 1. The molecule has 3 atom stereocenters. The first-order chi connectivity index (χ1) is 20.9. The van der Waals surface area contributed by atoms with Gasteiger partial charge in [-0.25, -0.2) is 9.29 Å². The second-order valence-electron chi connectivity index (χ2n) is 10.2. The zero-order valence-electron chi connectivity index (χ0n) is 22.3. The van der Waals surface area contributed by atoms with Crippen molar-refractivity contribution in [3.8, 4) is 5.75 Å². The quantitative estimate of drug-likeness (QED) is 0.244. The van der Waals surface area contributed by atoms with E-state index < -0.39 is 34.7 Å². The number of aromatic nitrogens is 1. The van der Waals surface area contributed by atoms with Crippen molar-refractivity contribution in [1.29, 1.82) is 0 Å². The van der Waals surface area contributed by atoms with Crippen molar-refractivity contribution in [2.45, 2.75) is 16.2 Å². The van der Waals surface area contributed by atoms with Gasteiger partial charge < -0.3 is 15.0 Å². The lowest BCUT2D eigenvalue weighted by molar-refractivity contribution is -0.122. The molecule has 43 heavy (non-hydrogen) atoms. The number of rotatable bonds is 6. The van der Waals surface area contributed by atoms with Crippen LogP contribution in [0.5, 0.6) is 5.75 Å². The van der Waals surface area contributed by atoms with Crippen LogP contribution in [0, 0.1) is 11.7 Å². The first-order valence-corrected chi connectivity index (χ1v) is 15.1. The fourth-order valence-electron chi connectivity index (χ4n) is 5.66. The smallest absolute Gasteiger partial charge is 0.305 e. The van der Waals surface area contributed by atoms with Crippen LogP contribution in [-0.4, -0.2) is 34.6 Å². The molecule has 4 aromatic carbocycles. The Morgan fingerprint density at radius 1 is 0.907 bits per heavy atom. The van der Waals surface area contributed by atoms with Crippen LogP contribution in [0.4, 0.5) is 15.8 Å². The number of amides is 3. The summed E-state index contributed by atoms with van der Waals surface area (Å²) >= 11 is 2.19. The molecule has 1 saturated heterocycles. The highest BCUT2D eigenvalue weighted by atomic mass is 32.2. The number of thioether (sulfide) groups is 1. The van der Waals surface area contributed by atoms with Gasteiger partial charge in [-0.3, -0.25) is 19.2 Å². The maximum absolute atomic E-state index is 13.8. The number of anilines is 2. The minimum Gasteiger partial charge on any atom is -0.484 e.